The van der Waals surface area contributed by atoms with Crippen LogP contribution in [0.4, 0.5) is 13.2 Å². The summed E-state index contributed by atoms with van der Waals surface area (Å²) in [6.07, 6.45) is -4.13. The van der Waals surface area contributed by atoms with Gasteiger partial charge in [0.25, 0.3) is 5.91 Å². The van der Waals surface area contributed by atoms with Gasteiger partial charge in [-0.3, -0.25) is 9.78 Å². The third-order valence-corrected chi connectivity index (χ3v) is 2.24. The SMILES string of the molecule is Cc1cc(Cl)c(C(=O)NCCC(F)(F)F)cn1. The van der Waals surface area contributed by atoms with Crippen molar-refractivity contribution < 1.29 is 18.0 Å². The van der Waals surface area contributed by atoms with Crippen molar-refractivity contribution in [2.24, 2.45) is 0 Å². The van der Waals surface area contributed by atoms with Crippen molar-refractivity contribution in [1.29, 1.82) is 0 Å². The molecule has 1 rings (SSSR count). The molecule has 0 atom stereocenters. The van der Waals surface area contributed by atoms with E-state index in [2.05, 4.69) is 10.3 Å². The Kier molecular flexibility index (Phi) is 4.34. The first-order valence-corrected chi connectivity index (χ1v) is 5.14. The molecule has 0 aliphatic heterocycles. The molecule has 1 heterocycles. The van der Waals surface area contributed by atoms with Crippen molar-refractivity contribution in [2.45, 2.75) is 19.5 Å². The zero-order valence-electron chi connectivity index (χ0n) is 8.94. The van der Waals surface area contributed by atoms with Crippen LogP contribution in [0.2, 0.25) is 5.02 Å². The lowest BCUT2D eigenvalue weighted by molar-refractivity contribution is -0.132. The van der Waals surface area contributed by atoms with Crippen LogP contribution in [0, 0.1) is 6.92 Å². The number of halogens is 4. The summed E-state index contributed by atoms with van der Waals surface area (Å²) in [6.45, 7) is 1.21. The molecule has 0 radical (unpaired) electrons. The van der Waals surface area contributed by atoms with Crippen LogP contribution >= 0.6 is 11.6 Å². The molecule has 94 valence electrons. The number of aryl methyl sites for hydroxylation is 1. The van der Waals surface area contributed by atoms with Crippen molar-refractivity contribution in [2.75, 3.05) is 6.54 Å². The topological polar surface area (TPSA) is 42.0 Å². The molecule has 0 aliphatic carbocycles. The Balaban J connectivity index is 2.59. The number of carbonyl (C=O) groups is 1. The number of aromatic nitrogens is 1. The van der Waals surface area contributed by atoms with E-state index in [9.17, 15) is 18.0 Å². The molecule has 0 spiro atoms. The molecule has 1 N–H and O–H groups in total. The molecule has 1 aromatic rings. The Morgan fingerprint density at radius 2 is 2.18 bits per heavy atom. The smallest absolute Gasteiger partial charge is 0.352 e. The molecule has 0 bridgehead atoms. The number of rotatable bonds is 3. The highest BCUT2D eigenvalue weighted by atomic mass is 35.5. The molecule has 0 fully saturated rings. The highest BCUT2D eigenvalue weighted by Crippen LogP contribution is 2.19. The standard InChI is InChI=1S/C10H10ClF3N2O/c1-6-4-8(11)7(5-16-6)9(17)15-3-2-10(12,13)14/h4-5H,2-3H2,1H3,(H,15,17). The molecule has 0 saturated carbocycles. The lowest BCUT2D eigenvalue weighted by Gasteiger charge is -2.08. The van der Waals surface area contributed by atoms with Crippen molar-refractivity contribution in [1.82, 2.24) is 10.3 Å². The van der Waals surface area contributed by atoms with Gasteiger partial charge in [0.1, 0.15) is 0 Å². The van der Waals surface area contributed by atoms with Crippen LogP contribution in [0.25, 0.3) is 0 Å². The number of nitrogens with one attached hydrogen (secondary N) is 1. The van der Waals surface area contributed by atoms with Gasteiger partial charge >= 0.3 is 6.18 Å². The average molecular weight is 267 g/mol. The highest BCUT2D eigenvalue weighted by molar-refractivity contribution is 6.33. The second kappa shape index (κ2) is 5.35. The van der Waals surface area contributed by atoms with Gasteiger partial charge < -0.3 is 5.32 Å². The first-order valence-electron chi connectivity index (χ1n) is 4.76. The van der Waals surface area contributed by atoms with Gasteiger partial charge in [0.05, 0.1) is 17.0 Å². The molecule has 0 aliphatic rings. The zero-order chi connectivity index (χ0) is 13.1. The van der Waals surface area contributed by atoms with Crippen LogP contribution in [0.1, 0.15) is 22.5 Å². The summed E-state index contributed by atoms with van der Waals surface area (Å²) in [5, 5.41) is 2.30. The third-order valence-electron chi connectivity index (χ3n) is 1.93. The summed E-state index contributed by atoms with van der Waals surface area (Å²) >= 11 is 5.77. The average Bonchev–Trinajstić information content (AvgIpc) is 2.15. The third kappa shape index (κ3) is 4.60. The van der Waals surface area contributed by atoms with E-state index in [1.807, 2.05) is 0 Å². The number of pyridine rings is 1. The fraction of sp³-hybridized carbons (Fsp3) is 0.400. The van der Waals surface area contributed by atoms with Gasteiger partial charge in [0, 0.05) is 18.4 Å². The Labute approximate surface area is 101 Å². The molecular weight excluding hydrogens is 257 g/mol. The van der Waals surface area contributed by atoms with Crippen LogP contribution in [-0.2, 0) is 0 Å². The van der Waals surface area contributed by atoms with E-state index in [-0.39, 0.29) is 10.6 Å². The predicted molar refractivity (Wildman–Crippen MR) is 57.0 cm³/mol. The number of hydrogen-bond donors (Lipinski definition) is 1. The first kappa shape index (κ1) is 13.8. The largest absolute Gasteiger partial charge is 0.390 e. The van der Waals surface area contributed by atoms with Gasteiger partial charge in [-0.15, -0.1) is 0 Å². The van der Waals surface area contributed by atoms with Crippen LogP contribution < -0.4 is 5.32 Å². The lowest BCUT2D eigenvalue weighted by atomic mass is 10.2. The van der Waals surface area contributed by atoms with E-state index in [0.29, 0.717) is 5.69 Å². The molecular formula is C10H10ClF3N2O. The second-order valence-electron chi connectivity index (χ2n) is 3.43. The van der Waals surface area contributed by atoms with Gasteiger partial charge in [0.15, 0.2) is 0 Å². The highest BCUT2D eigenvalue weighted by Gasteiger charge is 2.26. The number of amides is 1. The molecule has 17 heavy (non-hydrogen) atoms. The fourth-order valence-corrected chi connectivity index (χ4v) is 1.40. The minimum absolute atomic E-state index is 0.0689. The number of hydrogen-bond acceptors (Lipinski definition) is 2. The molecule has 3 nitrogen and oxygen atoms in total. The number of alkyl halides is 3. The molecule has 1 aromatic heterocycles. The van der Waals surface area contributed by atoms with Crippen LogP contribution in [0.15, 0.2) is 12.3 Å². The Morgan fingerprint density at radius 1 is 1.53 bits per heavy atom. The van der Waals surface area contributed by atoms with Crippen molar-refractivity contribution >= 4 is 17.5 Å². The van der Waals surface area contributed by atoms with E-state index in [0.717, 1.165) is 0 Å². The molecule has 0 unspecified atom stereocenters. The number of nitrogens with zero attached hydrogens (tertiary/aromatic N) is 1. The van der Waals surface area contributed by atoms with Crippen LogP contribution in [0.5, 0.6) is 0 Å². The van der Waals surface area contributed by atoms with E-state index in [1.165, 1.54) is 12.3 Å². The quantitative estimate of drug-likeness (QED) is 0.914. The molecule has 0 aromatic carbocycles. The lowest BCUT2D eigenvalue weighted by Crippen LogP contribution is -2.28. The van der Waals surface area contributed by atoms with Gasteiger partial charge in [-0.2, -0.15) is 13.2 Å². The Bertz CT molecular complexity index is 421. The Morgan fingerprint density at radius 3 is 2.71 bits per heavy atom. The molecule has 0 saturated heterocycles. The maximum Gasteiger partial charge on any atom is 0.390 e. The molecule has 1 amide bonds. The van der Waals surface area contributed by atoms with Crippen LogP contribution in [-0.4, -0.2) is 23.6 Å². The van der Waals surface area contributed by atoms with Crippen molar-refractivity contribution in [3.63, 3.8) is 0 Å². The van der Waals surface area contributed by atoms with Gasteiger partial charge in [-0.1, -0.05) is 11.6 Å². The first-order chi connectivity index (χ1) is 7.79. The summed E-state index contributed by atoms with van der Waals surface area (Å²) in [4.78, 5) is 15.3. The maximum atomic E-state index is 11.9. The monoisotopic (exact) mass is 266 g/mol. The predicted octanol–water partition coefficient (Wildman–Crippen LogP) is 2.73. The summed E-state index contributed by atoms with van der Waals surface area (Å²) in [7, 11) is 0. The van der Waals surface area contributed by atoms with Gasteiger partial charge in [0.2, 0.25) is 0 Å². The van der Waals surface area contributed by atoms with E-state index < -0.39 is 25.0 Å². The summed E-state index contributed by atoms with van der Waals surface area (Å²) in [5.74, 6) is -0.660. The van der Waals surface area contributed by atoms with Crippen LogP contribution in [0.3, 0.4) is 0 Å². The second-order valence-corrected chi connectivity index (χ2v) is 3.83. The van der Waals surface area contributed by atoms with Crippen molar-refractivity contribution in [3.8, 4) is 0 Å². The minimum Gasteiger partial charge on any atom is -0.352 e. The minimum atomic E-state index is -4.29. The van der Waals surface area contributed by atoms with Crippen molar-refractivity contribution in [3.05, 3.63) is 28.5 Å². The van der Waals surface area contributed by atoms with Gasteiger partial charge in [-0.05, 0) is 13.0 Å². The summed E-state index contributed by atoms with van der Waals surface area (Å²) in [6, 6.07) is 1.47. The maximum absolute atomic E-state index is 11.9. The normalized spacial score (nSPS) is 11.4. The summed E-state index contributed by atoms with van der Waals surface area (Å²) < 4.78 is 35.6. The fourth-order valence-electron chi connectivity index (χ4n) is 1.11. The van der Waals surface area contributed by atoms with E-state index in [4.69, 9.17) is 11.6 Å². The van der Waals surface area contributed by atoms with Gasteiger partial charge in [-0.25, -0.2) is 0 Å². The number of carbonyl (C=O) groups excluding carboxylic acids is 1. The van der Waals surface area contributed by atoms with E-state index in [1.54, 1.807) is 6.92 Å². The molecule has 7 heteroatoms. The van der Waals surface area contributed by atoms with E-state index >= 15 is 0 Å². The Hall–Kier alpha value is -1.30. The summed E-state index contributed by atoms with van der Waals surface area (Å²) in [5.41, 5.74) is 0.696. The zero-order valence-corrected chi connectivity index (χ0v) is 9.69.